The van der Waals surface area contributed by atoms with Gasteiger partial charge in [0, 0.05) is 18.2 Å². The van der Waals surface area contributed by atoms with E-state index in [1.165, 1.54) is 18.7 Å². The second kappa shape index (κ2) is 6.90. The largest absolute Gasteiger partial charge is 0.480 e. The maximum Gasteiger partial charge on any atom is 0.335 e. The number of hydrogen-bond acceptors (Lipinski definition) is 5. The van der Waals surface area contributed by atoms with Gasteiger partial charge in [-0.3, -0.25) is 4.79 Å². The standard InChI is InChI=1S/C15H19NO5/c1-11(2)14(19)21-15(3,20)10-16(9-13(17)18)12-7-5-4-6-8-12/h4-8,20H,1,9-10H2,2-3H3,(H,17,18). The molecule has 0 fully saturated rings. The summed E-state index contributed by atoms with van der Waals surface area (Å²) in [5, 5.41) is 19.1. The number of carboxylic acid groups (broad SMARTS) is 1. The molecule has 0 amide bonds. The van der Waals surface area contributed by atoms with E-state index >= 15 is 0 Å². The number of carbonyl (C=O) groups is 2. The normalized spacial score (nSPS) is 13.1. The molecule has 114 valence electrons. The van der Waals surface area contributed by atoms with E-state index in [0.717, 1.165) is 0 Å². The van der Waals surface area contributed by atoms with Gasteiger partial charge in [-0.25, -0.2) is 4.79 Å². The van der Waals surface area contributed by atoms with Crippen LogP contribution in [0.3, 0.4) is 0 Å². The number of hydrogen-bond donors (Lipinski definition) is 2. The predicted molar refractivity (Wildman–Crippen MR) is 77.8 cm³/mol. The summed E-state index contributed by atoms with van der Waals surface area (Å²) in [6, 6.07) is 8.71. The number of benzene rings is 1. The van der Waals surface area contributed by atoms with Crippen LogP contribution in [0.15, 0.2) is 42.5 Å². The SMILES string of the molecule is C=C(C)C(=O)OC(C)(O)CN(CC(=O)O)c1ccccc1. The Balaban J connectivity index is 2.88. The Hall–Kier alpha value is -2.34. The van der Waals surface area contributed by atoms with E-state index in [1.807, 2.05) is 0 Å². The highest BCUT2D eigenvalue weighted by atomic mass is 16.7. The third kappa shape index (κ3) is 5.66. The number of ether oxygens (including phenoxy) is 1. The van der Waals surface area contributed by atoms with E-state index in [-0.39, 0.29) is 18.7 Å². The van der Waals surface area contributed by atoms with Crippen molar-refractivity contribution in [2.75, 3.05) is 18.0 Å². The number of rotatable bonds is 7. The number of carboxylic acids is 1. The summed E-state index contributed by atoms with van der Waals surface area (Å²) in [7, 11) is 0. The quantitative estimate of drug-likeness (QED) is 0.449. The molecular weight excluding hydrogens is 274 g/mol. The number of para-hydroxylation sites is 1. The molecular formula is C15H19NO5. The average molecular weight is 293 g/mol. The van der Waals surface area contributed by atoms with Gasteiger partial charge in [-0.15, -0.1) is 0 Å². The third-order valence-corrected chi connectivity index (χ3v) is 2.59. The molecule has 1 aromatic carbocycles. The summed E-state index contributed by atoms with van der Waals surface area (Å²) in [5.74, 6) is -3.62. The Kier molecular flexibility index (Phi) is 5.49. The molecule has 0 saturated carbocycles. The molecule has 21 heavy (non-hydrogen) atoms. The molecule has 1 atom stereocenters. The van der Waals surface area contributed by atoms with Crippen molar-refractivity contribution >= 4 is 17.6 Å². The van der Waals surface area contributed by atoms with Gasteiger partial charge >= 0.3 is 11.9 Å². The van der Waals surface area contributed by atoms with Crippen LogP contribution in [-0.4, -0.2) is 41.0 Å². The van der Waals surface area contributed by atoms with Gasteiger partial charge in [0.15, 0.2) is 0 Å². The van der Waals surface area contributed by atoms with Crippen LogP contribution in [-0.2, 0) is 14.3 Å². The van der Waals surface area contributed by atoms with Crippen molar-refractivity contribution in [3.63, 3.8) is 0 Å². The summed E-state index contributed by atoms with van der Waals surface area (Å²) in [5.41, 5.74) is 0.756. The third-order valence-electron chi connectivity index (χ3n) is 2.59. The Labute approximate surface area is 123 Å². The Morgan fingerprint density at radius 3 is 2.38 bits per heavy atom. The fourth-order valence-electron chi connectivity index (χ4n) is 1.71. The molecule has 0 aromatic heterocycles. The summed E-state index contributed by atoms with van der Waals surface area (Å²) in [6.07, 6.45) is 0. The first-order valence-electron chi connectivity index (χ1n) is 6.34. The van der Waals surface area contributed by atoms with Crippen molar-refractivity contribution in [1.29, 1.82) is 0 Å². The molecule has 0 saturated heterocycles. The molecule has 0 aliphatic rings. The number of esters is 1. The number of carbonyl (C=O) groups excluding carboxylic acids is 1. The minimum absolute atomic E-state index is 0.153. The second-order valence-corrected chi connectivity index (χ2v) is 4.93. The van der Waals surface area contributed by atoms with Crippen molar-refractivity contribution in [2.24, 2.45) is 0 Å². The van der Waals surface area contributed by atoms with E-state index in [4.69, 9.17) is 9.84 Å². The van der Waals surface area contributed by atoms with Gasteiger partial charge in [-0.1, -0.05) is 24.8 Å². The smallest absolute Gasteiger partial charge is 0.335 e. The molecule has 0 bridgehead atoms. The summed E-state index contributed by atoms with van der Waals surface area (Å²) in [4.78, 5) is 23.8. The number of aliphatic carboxylic acids is 1. The molecule has 1 unspecified atom stereocenters. The molecule has 0 spiro atoms. The number of aliphatic hydroxyl groups is 1. The van der Waals surface area contributed by atoms with Gasteiger partial charge < -0.3 is 19.8 Å². The predicted octanol–water partition coefficient (Wildman–Crippen LogP) is 1.41. The first-order chi connectivity index (χ1) is 9.71. The molecule has 6 heteroatoms. The number of anilines is 1. The highest BCUT2D eigenvalue weighted by Gasteiger charge is 2.29. The topological polar surface area (TPSA) is 87.1 Å². The van der Waals surface area contributed by atoms with Crippen molar-refractivity contribution in [3.8, 4) is 0 Å². The second-order valence-electron chi connectivity index (χ2n) is 4.93. The summed E-state index contributed by atoms with van der Waals surface area (Å²) in [6.45, 7) is 5.68. The molecule has 0 radical (unpaired) electrons. The lowest BCUT2D eigenvalue weighted by molar-refractivity contribution is -0.193. The molecule has 2 N–H and O–H groups in total. The zero-order valence-corrected chi connectivity index (χ0v) is 12.1. The van der Waals surface area contributed by atoms with Crippen LogP contribution in [0, 0.1) is 0 Å². The Bertz CT molecular complexity index is 524. The molecule has 0 aliphatic carbocycles. The van der Waals surface area contributed by atoms with Gasteiger partial charge in [0.05, 0.1) is 6.54 Å². The van der Waals surface area contributed by atoms with E-state index in [2.05, 4.69) is 6.58 Å². The van der Waals surface area contributed by atoms with Crippen molar-refractivity contribution < 1.29 is 24.5 Å². The molecule has 0 heterocycles. The monoisotopic (exact) mass is 293 g/mol. The van der Waals surface area contributed by atoms with Crippen molar-refractivity contribution in [1.82, 2.24) is 0 Å². The lowest BCUT2D eigenvalue weighted by atomic mass is 10.2. The zero-order valence-electron chi connectivity index (χ0n) is 12.1. The van der Waals surface area contributed by atoms with Gasteiger partial charge in [0.1, 0.15) is 6.54 Å². The van der Waals surface area contributed by atoms with Crippen LogP contribution in [0.4, 0.5) is 5.69 Å². The van der Waals surface area contributed by atoms with Gasteiger partial charge in [0.25, 0.3) is 0 Å². The molecule has 1 aromatic rings. The molecule has 1 rings (SSSR count). The maximum atomic E-state index is 11.5. The van der Waals surface area contributed by atoms with Crippen LogP contribution < -0.4 is 4.90 Å². The number of nitrogens with zero attached hydrogens (tertiary/aromatic N) is 1. The van der Waals surface area contributed by atoms with E-state index < -0.39 is 17.7 Å². The minimum Gasteiger partial charge on any atom is -0.480 e. The van der Waals surface area contributed by atoms with E-state index in [1.54, 1.807) is 30.3 Å². The summed E-state index contributed by atoms with van der Waals surface area (Å²) < 4.78 is 4.92. The van der Waals surface area contributed by atoms with Crippen LogP contribution in [0.2, 0.25) is 0 Å². The lowest BCUT2D eigenvalue weighted by Crippen LogP contribution is -2.46. The van der Waals surface area contributed by atoms with Crippen LogP contribution >= 0.6 is 0 Å². The van der Waals surface area contributed by atoms with Gasteiger partial charge in [-0.05, 0) is 19.1 Å². The highest BCUT2D eigenvalue weighted by molar-refractivity contribution is 5.87. The maximum absolute atomic E-state index is 11.5. The molecule has 6 nitrogen and oxygen atoms in total. The average Bonchev–Trinajstić information content (AvgIpc) is 2.37. The van der Waals surface area contributed by atoms with Crippen LogP contribution in [0.1, 0.15) is 13.8 Å². The van der Waals surface area contributed by atoms with E-state index in [0.29, 0.717) is 5.69 Å². The van der Waals surface area contributed by atoms with Gasteiger partial charge in [-0.2, -0.15) is 0 Å². The van der Waals surface area contributed by atoms with Gasteiger partial charge in [0.2, 0.25) is 5.79 Å². The van der Waals surface area contributed by atoms with E-state index in [9.17, 15) is 14.7 Å². The first-order valence-corrected chi connectivity index (χ1v) is 6.34. The highest BCUT2D eigenvalue weighted by Crippen LogP contribution is 2.18. The lowest BCUT2D eigenvalue weighted by Gasteiger charge is -2.31. The van der Waals surface area contributed by atoms with Crippen LogP contribution in [0.5, 0.6) is 0 Å². The first kappa shape index (κ1) is 16.7. The molecule has 0 aliphatic heterocycles. The van der Waals surface area contributed by atoms with Crippen LogP contribution in [0.25, 0.3) is 0 Å². The Morgan fingerprint density at radius 1 is 1.33 bits per heavy atom. The van der Waals surface area contributed by atoms with Crippen molar-refractivity contribution in [3.05, 3.63) is 42.5 Å². The van der Waals surface area contributed by atoms with Crippen molar-refractivity contribution in [2.45, 2.75) is 19.6 Å². The Morgan fingerprint density at radius 2 is 1.90 bits per heavy atom. The zero-order chi connectivity index (χ0) is 16.0. The minimum atomic E-state index is -1.83. The summed E-state index contributed by atoms with van der Waals surface area (Å²) >= 11 is 0. The fraction of sp³-hybridized carbons (Fsp3) is 0.333. The fourth-order valence-corrected chi connectivity index (χ4v) is 1.71.